The summed E-state index contributed by atoms with van der Waals surface area (Å²) < 4.78 is 0.896. The summed E-state index contributed by atoms with van der Waals surface area (Å²) in [4.78, 5) is 10.8. The van der Waals surface area contributed by atoms with Gasteiger partial charge in [-0.15, -0.1) is 0 Å². The van der Waals surface area contributed by atoms with Crippen LogP contribution >= 0.6 is 15.9 Å². The molecule has 1 unspecified atom stereocenters. The van der Waals surface area contributed by atoms with Gasteiger partial charge < -0.3 is 16.8 Å². The fraction of sp³-hybridized carbons (Fsp3) is 0.222. The minimum atomic E-state index is -0.432. The lowest BCUT2D eigenvalue weighted by Gasteiger charge is -2.13. The van der Waals surface area contributed by atoms with Crippen molar-refractivity contribution in [3.63, 3.8) is 0 Å². The second-order valence-corrected chi connectivity index (χ2v) is 3.92. The highest BCUT2D eigenvalue weighted by Crippen LogP contribution is 2.23. The SMILES string of the molecule is CC(Nc1ccc(Br)cc1N)C(N)=O. The standard InChI is InChI=1S/C9H12BrN3O/c1-5(9(12)14)13-8-3-2-6(10)4-7(8)11/h2-5,13H,11H2,1H3,(H2,12,14). The van der Waals surface area contributed by atoms with Crippen molar-refractivity contribution >= 4 is 33.2 Å². The number of hydrogen-bond donors (Lipinski definition) is 3. The van der Waals surface area contributed by atoms with Crippen molar-refractivity contribution < 1.29 is 4.79 Å². The summed E-state index contributed by atoms with van der Waals surface area (Å²) in [5, 5.41) is 2.92. The quantitative estimate of drug-likeness (QED) is 0.715. The fourth-order valence-corrected chi connectivity index (χ4v) is 1.35. The summed E-state index contributed by atoms with van der Waals surface area (Å²) in [6.07, 6.45) is 0. The smallest absolute Gasteiger partial charge is 0.239 e. The normalized spacial score (nSPS) is 12.1. The van der Waals surface area contributed by atoms with Crippen LogP contribution in [0.1, 0.15) is 6.92 Å². The number of nitrogens with two attached hydrogens (primary N) is 2. The Kier molecular flexibility index (Phi) is 3.35. The molecule has 1 amide bonds. The lowest BCUT2D eigenvalue weighted by molar-refractivity contribution is -0.118. The summed E-state index contributed by atoms with van der Waals surface area (Å²) in [5.74, 6) is -0.410. The van der Waals surface area contributed by atoms with Crippen LogP contribution in [0.5, 0.6) is 0 Å². The third-order valence-corrected chi connectivity index (χ3v) is 2.31. The minimum Gasteiger partial charge on any atom is -0.397 e. The van der Waals surface area contributed by atoms with Crippen molar-refractivity contribution in [2.75, 3.05) is 11.1 Å². The summed E-state index contributed by atoms with van der Waals surface area (Å²) in [6, 6.07) is 4.96. The number of halogens is 1. The molecule has 5 N–H and O–H groups in total. The number of amides is 1. The van der Waals surface area contributed by atoms with Gasteiger partial charge in [0.25, 0.3) is 0 Å². The Labute approximate surface area is 90.8 Å². The molecular formula is C9H12BrN3O. The Morgan fingerprint density at radius 1 is 1.57 bits per heavy atom. The van der Waals surface area contributed by atoms with E-state index in [0.717, 1.165) is 4.47 Å². The zero-order valence-electron chi connectivity index (χ0n) is 7.75. The Hall–Kier alpha value is -1.23. The highest BCUT2D eigenvalue weighted by atomic mass is 79.9. The van der Waals surface area contributed by atoms with Crippen LogP contribution in [0.2, 0.25) is 0 Å². The molecule has 76 valence electrons. The molecule has 0 aromatic heterocycles. The number of nitrogens with one attached hydrogen (secondary N) is 1. The van der Waals surface area contributed by atoms with Crippen molar-refractivity contribution in [2.45, 2.75) is 13.0 Å². The monoisotopic (exact) mass is 257 g/mol. The van der Waals surface area contributed by atoms with Crippen LogP contribution in [0.25, 0.3) is 0 Å². The van der Waals surface area contributed by atoms with Gasteiger partial charge in [0.15, 0.2) is 0 Å². The zero-order valence-corrected chi connectivity index (χ0v) is 9.34. The predicted octanol–water partition coefficient (Wildman–Crippen LogP) is 1.32. The molecule has 1 rings (SSSR count). The number of carbonyl (C=O) groups is 1. The predicted molar refractivity (Wildman–Crippen MR) is 60.8 cm³/mol. The molecule has 0 aliphatic heterocycles. The molecule has 0 spiro atoms. The Morgan fingerprint density at radius 2 is 2.21 bits per heavy atom. The molecule has 4 nitrogen and oxygen atoms in total. The molecule has 0 aliphatic carbocycles. The second-order valence-electron chi connectivity index (χ2n) is 3.00. The van der Waals surface area contributed by atoms with E-state index in [0.29, 0.717) is 11.4 Å². The van der Waals surface area contributed by atoms with Crippen LogP contribution in [0, 0.1) is 0 Å². The maximum atomic E-state index is 10.8. The lowest BCUT2D eigenvalue weighted by atomic mass is 10.2. The molecule has 14 heavy (non-hydrogen) atoms. The lowest BCUT2D eigenvalue weighted by Crippen LogP contribution is -2.32. The molecule has 1 atom stereocenters. The first kappa shape index (κ1) is 10.8. The van der Waals surface area contributed by atoms with E-state index in [1.54, 1.807) is 19.1 Å². The van der Waals surface area contributed by atoms with E-state index in [9.17, 15) is 4.79 Å². The Morgan fingerprint density at radius 3 is 2.71 bits per heavy atom. The molecule has 0 bridgehead atoms. The van der Waals surface area contributed by atoms with E-state index in [4.69, 9.17) is 11.5 Å². The van der Waals surface area contributed by atoms with E-state index < -0.39 is 11.9 Å². The maximum Gasteiger partial charge on any atom is 0.239 e. The molecule has 0 saturated heterocycles. The van der Waals surface area contributed by atoms with Gasteiger partial charge in [0, 0.05) is 4.47 Å². The van der Waals surface area contributed by atoms with Gasteiger partial charge in [-0.3, -0.25) is 4.79 Å². The number of hydrogen-bond acceptors (Lipinski definition) is 3. The molecule has 5 heteroatoms. The van der Waals surface area contributed by atoms with Crippen molar-refractivity contribution in [2.24, 2.45) is 5.73 Å². The average Bonchev–Trinajstić information content (AvgIpc) is 2.09. The van der Waals surface area contributed by atoms with Gasteiger partial charge in [-0.05, 0) is 25.1 Å². The summed E-state index contributed by atoms with van der Waals surface area (Å²) in [5.41, 5.74) is 12.1. The second kappa shape index (κ2) is 4.32. The van der Waals surface area contributed by atoms with Crippen LogP contribution in [0.4, 0.5) is 11.4 Å². The average molecular weight is 258 g/mol. The van der Waals surface area contributed by atoms with E-state index in [2.05, 4.69) is 21.2 Å². The maximum absolute atomic E-state index is 10.8. The summed E-state index contributed by atoms with van der Waals surface area (Å²) in [7, 11) is 0. The van der Waals surface area contributed by atoms with E-state index in [1.807, 2.05) is 6.07 Å². The van der Waals surface area contributed by atoms with E-state index in [-0.39, 0.29) is 0 Å². The van der Waals surface area contributed by atoms with Gasteiger partial charge in [-0.2, -0.15) is 0 Å². The first-order valence-electron chi connectivity index (χ1n) is 4.11. The number of rotatable bonds is 3. The third-order valence-electron chi connectivity index (χ3n) is 1.81. The largest absolute Gasteiger partial charge is 0.397 e. The molecule has 0 radical (unpaired) electrons. The van der Waals surface area contributed by atoms with Crippen LogP contribution in [0.15, 0.2) is 22.7 Å². The summed E-state index contributed by atoms with van der Waals surface area (Å²) in [6.45, 7) is 1.68. The fourth-order valence-electron chi connectivity index (χ4n) is 0.969. The number of anilines is 2. The molecule has 0 fully saturated rings. The summed E-state index contributed by atoms with van der Waals surface area (Å²) >= 11 is 3.29. The molecular weight excluding hydrogens is 246 g/mol. The number of carbonyl (C=O) groups excluding carboxylic acids is 1. The van der Waals surface area contributed by atoms with Gasteiger partial charge in [0.05, 0.1) is 11.4 Å². The minimum absolute atomic E-state index is 0.410. The zero-order chi connectivity index (χ0) is 10.7. The van der Waals surface area contributed by atoms with Crippen molar-refractivity contribution in [1.82, 2.24) is 0 Å². The number of nitrogen functional groups attached to an aromatic ring is 1. The molecule has 0 aliphatic rings. The van der Waals surface area contributed by atoms with E-state index in [1.165, 1.54) is 0 Å². The van der Waals surface area contributed by atoms with Crippen LogP contribution in [-0.2, 0) is 4.79 Å². The topological polar surface area (TPSA) is 81.1 Å². The number of primary amides is 1. The molecule has 0 heterocycles. The Bertz CT molecular complexity index is 354. The van der Waals surface area contributed by atoms with Crippen LogP contribution < -0.4 is 16.8 Å². The van der Waals surface area contributed by atoms with Crippen molar-refractivity contribution in [3.05, 3.63) is 22.7 Å². The third kappa shape index (κ3) is 2.63. The van der Waals surface area contributed by atoms with Crippen LogP contribution in [0.3, 0.4) is 0 Å². The molecule has 1 aromatic carbocycles. The van der Waals surface area contributed by atoms with Gasteiger partial charge in [0.2, 0.25) is 5.91 Å². The molecule has 1 aromatic rings. The number of benzene rings is 1. The highest BCUT2D eigenvalue weighted by Gasteiger charge is 2.09. The Balaban J connectivity index is 2.82. The van der Waals surface area contributed by atoms with Crippen LogP contribution in [-0.4, -0.2) is 11.9 Å². The first-order chi connectivity index (χ1) is 6.50. The van der Waals surface area contributed by atoms with Gasteiger partial charge in [-0.25, -0.2) is 0 Å². The molecule has 0 saturated carbocycles. The van der Waals surface area contributed by atoms with E-state index >= 15 is 0 Å². The highest BCUT2D eigenvalue weighted by molar-refractivity contribution is 9.10. The van der Waals surface area contributed by atoms with Gasteiger partial charge >= 0.3 is 0 Å². The first-order valence-corrected chi connectivity index (χ1v) is 4.91. The van der Waals surface area contributed by atoms with Crippen molar-refractivity contribution in [1.29, 1.82) is 0 Å². The van der Waals surface area contributed by atoms with Crippen molar-refractivity contribution in [3.8, 4) is 0 Å². The van der Waals surface area contributed by atoms with Gasteiger partial charge in [-0.1, -0.05) is 15.9 Å². The van der Waals surface area contributed by atoms with Gasteiger partial charge in [0.1, 0.15) is 6.04 Å².